The Labute approximate surface area is 160 Å². The van der Waals surface area contributed by atoms with E-state index in [-0.39, 0.29) is 6.04 Å². The summed E-state index contributed by atoms with van der Waals surface area (Å²) in [6.45, 7) is 3.78. The zero-order valence-electron chi connectivity index (χ0n) is 15.2. The van der Waals surface area contributed by atoms with E-state index >= 15 is 0 Å². The first-order valence-electron chi connectivity index (χ1n) is 9.18. The number of rotatable bonds is 8. The van der Waals surface area contributed by atoms with Gasteiger partial charge >= 0.3 is 0 Å². The fraction of sp³-hybridized carbons (Fsp3) is 0.450. The van der Waals surface area contributed by atoms with E-state index in [0.717, 1.165) is 44.1 Å². The van der Waals surface area contributed by atoms with Gasteiger partial charge in [-0.05, 0) is 74.4 Å². The number of likely N-dealkylation sites (tertiary alicyclic amines) is 1. The van der Waals surface area contributed by atoms with Gasteiger partial charge in [0.05, 0.1) is 19.4 Å². The van der Waals surface area contributed by atoms with Gasteiger partial charge in [-0.15, -0.1) is 0 Å². The average Bonchev–Trinajstić information content (AvgIpc) is 3.37. The van der Waals surface area contributed by atoms with Gasteiger partial charge < -0.3 is 19.8 Å². The first-order valence-corrected chi connectivity index (χ1v) is 9.59. The number of nitrogens with one attached hydrogen (secondary N) is 2. The topological polar surface area (TPSA) is 49.7 Å². The number of nitrogens with zero attached hydrogens (tertiary/aromatic N) is 1. The lowest BCUT2D eigenvalue weighted by Gasteiger charge is -2.26. The molecule has 26 heavy (non-hydrogen) atoms. The summed E-state index contributed by atoms with van der Waals surface area (Å²) in [4.78, 5) is 2.46. The lowest BCUT2D eigenvalue weighted by Crippen LogP contribution is -2.41. The van der Waals surface area contributed by atoms with Crippen molar-refractivity contribution >= 4 is 17.3 Å². The number of furan rings is 1. The van der Waals surface area contributed by atoms with Crippen molar-refractivity contribution in [2.45, 2.75) is 25.3 Å². The predicted molar refractivity (Wildman–Crippen MR) is 108 cm³/mol. The second kappa shape index (κ2) is 9.59. The van der Waals surface area contributed by atoms with Gasteiger partial charge in [0, 0.05) is 13.1 Å². The Balaban J connectivity index is 1.43. The van der Waals surface area contributed by atoms with Crippen molar-refractivity contribution in [3.05, 3.63) is 54.0 Å². The lowest BCUT2D eigenvalue weighted by atomic mass is 10.1. The van der Waals surface area contributed by atoms with Crippen LogP contribution in [0.5, 0.6) is 5.75 Å². The molecule has 0 saturated carbocycles. The quantitative estimate of drug-likeness (QED) is 0.694. The zero-order chi connectivity index (χ0) is 18.2. The molecule has 1 aliphatic rings. The molecule has 1 aromatic heterocycles. The number of hydrogen-bond acceptors (Lipinski definition) is 4. The van der Waals surface area contributed by atoms with E-state index in [1.165, 1.54) is 18.4 Å². The Morgan fingerprint density at radius 3 is 2.62 bits per heavy atom. The van der Waals surface area contributed by atoms with Crippen LogP contribution in [0.25, 0.3) is 0 Å². The van der Waals surface area contributed by atoms with Gasteiger partial charge in [-0.25, -0.2) is 0 Å². The molecule has 1 saturated heterocycles. The smallest absolute Gasteiger partial charge is 0.166 e. The minimum absolute atomic E-state index is 0.230. The maximum Gasteiger partial charge on any atom is 0.166 e. The predicted octanol–water partition coefficient (Wildman–Crippen LogP) is 3.13. The summed E-state index contributed by atoms with van der Waals surface area (Å²) in [6.07, 6.45) is 5.16. The highest BCUT2D eigenvalue weighted by Crippen LogP contribution is 2.24. The Kier molecular flexibility index (Phi) is 6.91. The van der Waals surface area contributed by atoms with Crippen LogP contribution in [-0.4, -0.2) is 43.3 Å². The summed E-state index contributed by atoms with van der Waals surface area (Å²) in [6, 6.07) is 12.4. The fourth-order valence-corrected chi connectivity index (χ4v) is 3.49. The molecular formula is C20H27N3O2S. The highest BCUT2D eigenvalue weighted by Gasteiger charge is 2.25. The van der Waals surface area contributed by atoms with Crippen molar-refractivity contribution in [2.24, 2.45) is 0 Å². The molecule has 0 spiro atoms. The van der Waals surface area contributed by atoms with E-state index in [1.807, 2.05) is 24.3 Å². The Bertz CT molecular complexity index is 667. The van der Waals surface area contributed by atoms with Gasteiger partial charge in [-0.1, -0.05) is 12.1 Å². The molecule has 140 valence electrons. The second-order valence-electron chi connectivity index (χ2n) is 6.51. The molecule has 1 atom stereocenters. The molecule has 0 aliphatic carbocycles. The van der Waals surface area contributed by atoms with Crippen LogP contribution < -0.4 is 15.4 Å². The molecule has 1 aromatic carbocycles. The van der Waals surface area contributed by atoms with E-state index in [4.69, 9.17) is 21.4 Å². The maximum absolute atomic E-state index is 5.64. The third-order valence-electron chi connectivity index (χ3n) is 4.77. The number of thiocarbonyl (C=S) groups is 1. The van der Waals surface area contributed by atoms with Crippen LogP contribution in [0, 0.1) is 0 Å². The standard InChI is InChI=1S/C20H27N3O2S/c1-24-17-8-6-16(7-9-17)10-11-21-20(26)22-15-18(19-5-4-14-25-19)23-12-2-3-13-23/h4-9,14,18H,2-3,10-13,15H2,1H3,(H2,21,22,26). The van der Waals surface area contributed by atoms with Crippen LogP contribution in [0.2, 0.25) is 0 Å². The largest absolute Gasteiger partial charge is 0.497 e. The van der Waals surface area contributed by atoms with Crippen molar-refractivity contribution in [1.29, 1.82) is 0 Å². The van der Waals surface area contributed by atoms with Crippen molar-refractivity contribution in [3.63, 3.8) is 0 Å². The molecule has 2 heterocycles. The monoisotopic (exact) mass is 373 g/mol. The van der Waals surface area contributed by atoms with Gasteiger partial charge in [-0.3, -0.25) is 4.90 Å². The summed E-state index contributed by atoms with van der Waals surface area (Å²) in [5.74, 6) is 1.88. The van der Waals surface area contributed by atoms with Crippen LogP contribution in [0.3, 0.4) is 0 Å². The molecule has 6 heteroatoms. The first-order chi connectivity index (χ1) is 12.8. The van der Waals surface area contributed by atoms with Crippen molar-refractivity contribution in [3.8, 4) is 5.75 Å². The van der Waals surface area contributed by atoms with Crippen LogP contribution in [0.4, 0.5) is 0 Å². The van der Waals surface area contributed by atoms with Gasteiger partial charge in [0.25, 0.3) is 0 Å². The second-order valence-corrected chi connectivity index (χ2v) is 6.92. The fourth-order valence-electron chi connectivity index (χ4n) is 3.31. The molecule has 3 rings (SSSR count). The molecule has 2 aromatic rings. The third-order valence-corrected chi connectivity index (χ3v) is 5.06. The van der Waals surface area contributed by atoms with Gasteiger partial charge in [0.15, 0.2) is 5.11 Å². The normalized spacial score (nSPS) is 15.6. The van der Waals surface area contributed by atoms with Crippen LogP contribution in [-0.2, 0) is 6.42 Å². The molecule has 0 amide bonds. The molecule has 1 fully saturated rings. The summed E-state index contributed by atoms with van der Waals surface area (Å²) in [7, 11) is 1.68. The van der Waals surface area contributed by atoms with Crippen molar-refractivity contribution < 1.29 is 9.15 Å². The minimum Gasteiger partial charge on any atom is -0.497 e. The SMILES string of the molecule is COc1ccc(CCNC(=S)NCC(c2ccco2)N2CCCC2)cc1. The summed E-state index contributed by atoms with van der Waals surface area (Å²) >= 11 is 5.44. The van der Waals surface area contributed by atoms with Gasteiger partial charge in [0.1, 0.15) is 11.5 Å². The summed E-state index contributed by atoms with van der Waals surface area (Å²) in [5, 5.41) is 7.33. The number of ether oxygens (including phenoxy) is 1. The molecule has 1 unspecified atom stereocenters. The summed E-state index contributed by atoms with van der Waals surface area (Å²) < 4.78 is 10.8. The highest BCUT2D eigenvalue weighted by molar-refractivity contribution is 7.80. The molecule has 5 nitrogen and oxygen atoms in total. The van der Waals surface area contributed by atoms with Crippen LogP contribution >= 0.6 is 12.2 Å². The van der Waals surface area contributed by atoms with Gasteiger partial charge in [-0.2, -0.15) is 0 Å². The Morgan fingerprint density at radius 2 is 1.96 bits per heavy atom. The van der Waals surface area contributed by atoms with Crippen LogP contribution in [0.1, 0.15) is 30.2 Å². The molecular weight excluding hydrogens is 346 g/mol. The number of hydrogen-bond donors (Lipinski definition) is 2. The molecule has 2 N–H and O–H groups in total. The highest BCUT2D eigenvalue weighted by atomic mass is 32.1. The van der Waals surface area contributed by atoms with Crippen molar-refractivity contribution in [1.82, 2.24) is 15.5 Å². The van der Waals surface area contributed by atoms with E-state index < -0.39 is 0 Å². The van der Waals surface area contributed by atoms with E-state index in [1.54, 1.807) is 13.4 Å². The van der Waals surface area contributed by atoms with Gasteiger partial charge in [0.2, 0.25) is 0 Å². The van der Waals surface area contributed by atoms with Crippen LogP contribution in [0.15, 0.2) is 47.1 Å². The van der Waals surface area contributed by atoms with Crippen molar-refractivity contribution in [2.75, 3.05) is 33.3 Å². The maximum atomic E-state index is 5.64. The average molecular weight is 374 g/mol. The summed E-state index contributed by atoms with van der Waals surface area (Å²) in [5.41, 5.74) is 1.26. The lowest BCUT2D eigenvalue weighted by molar-refractivity contribution is 0.215. The van der Waals surface area contributed by atoms with E-state index in [9.17, 15) is 0 Å². The molecule has 1 aliphatic heterocycles. The van der Waals surface area contributed by atoms with E-state index in [2.05, 4.69) is 27.7 Å². The third kappa shape index (κ3) is 5.22. The minimum atomic E-state index is 0.230. The number of benzene rings is 1. The Morgan fingerprint density at radius 1 is 1.19 bits per heavy atom. The Hall–Kier alpha value is -2.05. The number of methoxy groups -OCH3 is 1. The van der Waals surface area contributed by atoms with E-state index in [0.29, 0.717) is 5.11 Å². The zero-order valence-corrected chi connectivity index (χ0v) is 16.1. The molecule has 0 radical (unpaired) electrons. The first kappa shape index (κ1) is 18.7. The molecule has 0 bridgehead atoms.